The van der Waals surface area contributed by atoms with Crippen LogP contribution in [-0.2, 0) is 0 Å². The van der Waals surface area contributed by atoms with E-state index in [0.29, 0.717) is 5.69 Å². The lowest BCUT2D eigenvalue weighted by molar-refractivity contribution is 0.628. The molecule has 0 bridgehead atoms. The van der Waals surface area contributed by atoms with Gasteiger partial charge >= 0.3 is 0 Å². The van der Waals surface area contributed by atoms with E-state index in [1.54, 1.807) is 17.4 Å². The molecule has 2 N–H and O–H groups in total. The van der Waals surface area contributed by atoms with Gasteiger partial charge in [0.1, 0.15) is 10.8 Å². The quantitative estimate of drug-likeness (QED) is 0.662. The second-order valence-corrected chi connectivity index (χ2v) is 4.75. The number of para-hydroxylation sites is 1. The van der Waals surface area contributed by atoms with E-state index < -0.39 is 0 Å². The van der Waals surface area contributed by atoms with Crippen LogP contribution < -0.4 is 5.73 Å². The van der Waals surface area contributed by atoms with Crippen molar-refractivity contribution in [3.05, 3.63) is 48.3 Å². The van der Waals surface area contributed by atoms with Gasteiger partial charge in [0.2, 0.25) is 0 Å². The number of fused-ring (bicyclic) bond motifs is 1. The average Bonchev–Trinajstić information content (AvgIpc) is 2.72. The molecule has 3 rings (SSSR count). The molecule has 0 unspecified atom stereocenters. The van der Waals surface area contributed by atoms with Gasteiger partial charge in [-0.25, -0.2) is 9.37 Å². The Kier molecular flexibility index (Phi) is 2.30. The standard InChI is InChI=1S/C13H9FN2S/c14-8-5-6-9(10(15)7-8)13-16-11-3-1-2-4-12(11)17-13/h1-7H,15H2/i14-1. The number of halogens is 1. The minimum Gasteiger partial charge on any atom is -0.398 e. The minimum absolute atomic E-state index is 0.327. The number of aromatic nitrogens is 1. The van der Waals surface area contributed by atoms with Crippen LogP contribution in [0.3, 0.4) is 0 Å². The monoisotopic (exact) mass is 243 g/mol. The topological polar surface area (TPSA) is 38.9 Å². The molecule has 0 amide bonds. The third-order valence-corrected chi connectivity index (χ3v) is 3.61. The van der Waals surface area contributed by atoms with Gasteiger partial charge in [-0.05, 0) is 30.3 Å². The predicted octanol–water partition coefficient (Wildman–Crippen LogP) is 3.68. The average molecular weight is 243 g/mol. The highest BCUT2D eigenvalue weighted by atomic mass is 32.1. The van der Waals surface area contributed by atoms with E-state index in [1.165, 1.54) is 12.1 Å². The van der Waals surface area contributed by atoms with E-state index in [-0.39, 0.29) is 5.82 Å². The molecule has 1 heterocycles. The van der Waals surface area contributed by atoms with E-state index in [0.717, 1.165) is 20.8 Å². The fourth-order valence-corrected chi connectivity index (χ4v) is 2.73. The van der Waals surface area contributed by atoms with Crippen molar-refractivity contribution in [2.75, 3.05) is 5.73 Å². The molecular weight excluding hydrogens is 234 g/mol. The highest BCUT2D eigenvalue weighted by Gasteiger charge is 2.09. The maximum atomic E-state index is 13.0. The molecule has 0 radical (unpaired) electrons. The normalized spacial score (nSPS) is 10.9. The Balaban J connectivity index is 2.20. The highest BCUT2D eigenvalue weighted by Crippen LogP contribution is 2.33. The third kappa shape index (κ3) is 1.76. The Morgan fingerprint density at radius 2 is 1.94 bits per heavy atom. The van der Waals surface area contributed by atoms with Crippen LogP contribution in [0.4, 0.5) is 10.1 Å². The number of thiazole rings is 1. The van der Waals surface area contributed by atoms with Crippen molar-refractivity contribution >= 4 is 27.2 Å². The molecule has 0 aliphatic rings. The fourth-order valence-electron chi connectivity index (χ4n) is 1.72. The molecule has 17 heavy (non-hydrogen) atoms. The van der Waals surface area contributed by atoms with Crippen molar-refractivity contribution in [2.24, 2.45) is 0 Å². The Morgan fingerprint density at radius 3 is 2.71 bits per heavy atom. The SMILES string of the molecule is Nc1cc([18F])ccc1-c1nc2ccccc2s1. The Morgan fingerprint density at radius 1 is 1.12 bits per heavy atom. The molecule has 0 aliphatic carbocycles. The van der Waals surface area contributed by atoms with Crippen molar-refractivity contribution < 1.29 is 4.39 Å². The molecule has 2 nitrogen and oxygen atoms in total. The van der Waals surface area contributed by atoms with Gasteiger partial charge in [0.15, 0.2) is 0 Å². The van der Waals surface area contributed by atoms with Crippen molar-refractivity contribution in [3.63, 3.8) is 0 Å². The summed E-state index contributed by atoms with van der Waals surface area (Å²) >= 11 is 1.56. The van der Waals surface area contributed by atoms with E-state index in [1.807, 2.05) is 24.3 Å². The van der Waals surface area contributed by atoms with Crippen molar-refractivity contribution in [2.45, 2.75) is 0 Å². The summed E-state index contributed by atoms with van der Waals surface area (Å²) in [4.78, 5) is 4.49. The number of anilines is 1. The Labute approximate surface area is 102 Å². The Hall–Kier alpha value is -1.94. The number of benzene rings is 2. The second kappa shape index (κ2) is 3.82. The minimum atomic E-state index is -0.327. The van der Waals surface area contributed by atoms with Crippen LogP contribution >= 0.6 is 11.3 Å². The number of hydrogen-bond donors (Lipinski definition) is 1. The number of nitrogen functional groups attached to an aromatic ring is 1. The summed E-state index contributed by atoms with van der Waals surface area (Å²) in [6.07, 6.45) is 0. The predicted molar refractivity (Wildman–Crippen MR) is 69.4 cm³/mol. The van der Waals surface area contributed by atoms with Crippen LogP contribution in [0.5, 0.6) is 0 Å². The molecule has 0 atom stereocenters. The molecule has 0 saturated carbocycles. The van der Waals surface area contributed by atoms with Gasteiger partial charge in [-0.1, -0.05) is 12.1 Å². The first-order valence-corrected chi connectivity index (χ1v) is 5.96. The summed E-state index contributed by atoms with van der Waals surface area (Å²) in [6.45, 7) is 0. The molecule has 0 aliphatic heterocycles. The first kappa shape index (κ1) is 10.2. The van der Waals surface area contributed by atoms with E-state index in [2.05, 4.69) is 4.98 Å². The number of nitrogens with two attached hydrogens (primary N) is 1. The molecule has 0 fully saturated rings. The summed E-state index contributed by atoms with van der Waals surface area (Å²) in [6, 6.07) is 12.3. The zero-order chi connectivity index (χ0) is 11.8. The Bertz CT molecular complexity index is 658. The van der Waals surface area contributed by atoms with Crippen LogP contribution in [0.15, 0.2) is 42.5 Å². The summed E-state index contributed by atoms with van der Waals surface area (Å²) in [5, 5.41) is 0.823. The third-order valence-electron chi connectivity index (χ3n) is 2.54. The summed E-state index contributed by atoms with van der Waals surface area (Å²) in [5.41, 5.74) is 7.95. The van der Waals surface area contributed by atoms with Crippen LogP contribution in [0.2, 0.25) is 0 Å². The van der Waals surface area contributed by atoms with Crippen molar-refractivity contribution in [1.82, 2.24) is 4.98 Å². The number of nitrogens with zero attached hydrogens (tertiary/aromatic N) is 1. The van der Waals surface area contributed by atoms with Crippen LogP contribution in [0.25, 0.3) is 20.8 Å². The van der Waals surface area contributed by atoms with Crippen LogP contribution in [0, 0.1) is 5.82 Å². The van der Waals surface area contributed by atoms with Crippen molar-refractivity contribution in [3.8, 4) is 10.6 Å². The fraction of sp³-hybridized carbons (Fsp3) is 0. The lowest BCUT2D eigenvalue weighted by Gasteiger charge is -2.00. The second-order valence-electron chi connectivity index (χ2n) is 3.72. The molecule has 0 saturated heterocycles. The summed E-state index contributed by atoms with van der Waals surface area (Å²) in [5.74, 6) is -0.327. The maximum absolute atomic E-state index is 13.0. The van der Waals surface area contributed by atoms with Gasteiger partial charge in [0.05, 0.1) is 10.2 Å². The van der Waals surface area contributed by atoms with Gasteiger partial charge in [-0.15, -0.1) is 11.3 Å². The molecule has 0 spiro atoms. The van der Waals surface area contributed by atoms with E-state index in [4.69, 9.17) is 5.73 Å². The van der Waals surface area contributed by atoms with Gasteiger partial charge in [-0.3, -0.25) is 0 Å². The summed E-state index contributed by atoms with van der Waals surface area (Å²) < 4.78 is 14.1. The molecular formula is C13H9FN2S. The van der Waals surface area contributed by atoms with E-state index >= 15 is 0 Å². The molecule has 2 aromatic carbocycles. The van der Waals surface area contributed by atoms with Gasteiger partial charge in [-0.2, -0.15) is 0 Å². The molecule has 1 aromatic heterocycles. The van der Waals surface area contributed by atoms with Gasteiger partial charge in [0.25, 0.3) is 0 Å². The lowest BCUT2D eigenvalue weighted by Crippen LogP contribution is -1.90. The van der Waals surface area contributed by atoms with Gasteiger partial charge < -0.3 is 5.73 Å². The lowest BCUT2D eigenvalue weighted by atomic mass is 10.2. The first-order valence-electron chi connectivity index (χ1n) is 5.15. The zero-order valence-corrected chi connectivity index (χ0v) is 9.67. The van der Waals surface area contributed by atoms with Gasteiger partial charge in [0, 0.05) is 11.3 Å². The smallest absolute Gasteiger partial charge is 0.126 e. The molecule has 4 heteroatoms. The first-order chi connectivity index (χ1) is 8.24. The summed E-state index contributed by atoms with van der Waals surface area (Å²) in [7, 11) is 0. The van der Waals surface area contributed by atoms with Crippen LogP contribution in [-0.4, -0.2) is 4.98 Å². The van der Waals surface area contributed by atoms with Crippen LogP contribution in [0.1, 0.15) is 0 Å². The highest BCUT2D eigenvalue weighted by molar-refractivity contribution is 7.21. The zero-order valence-electron chi connectivity index (χ0n) is 8.85. The largest absolute Gasteiger partial charge is 0.398 e. The molecule has 3 aromatic rings. The number of rotatable bonds is 1. The van der Waals surface area contributed by atoms with Crippen molar-refractivity contribution in [1.29, 1.82) is 0 Å². The molecule has 84 valence electrons. The maximum Gasteiger partial charge on any atom is 0.126 e. The van der Waals surface area contributed by atoms with E-state index in [9.17, 15) is 4.39 Å². The number of hydrogen-bond acceptors (Lipinski definition) is 3.